The summed E-state index contributed by atoms with van der Waals surface area (Å²) < 4.78 is 2.10. The van der Waals surface area contributed by atoms with Crippen LogP contribution in [0.3, 0.4) is 0 Å². The Bertz CT molecular complexity index is 677. The van der Waals surface area contributed by atoms with Gasteiger partial charge in [-0.2, -0.15) is 0 Å². The Morgan fingerprint density at radius 1 is 1.35 bits per heavy atom. The molecular formula is C19H25N3O. The van der Waals surface area contributed by atoms with Gasteiger partial charge in [0.05, 0.1) is 0 Å². The molecule has 4 heteroatoms. The minimum Gasteiger partial charge on any atom is -0.342 e. The zero-order chi connectivity index (χ0) is 16.2. The molecule has 1 aromatic heterocycles. The van der Waals surface area contributed by atoms with Crippen LogP contribution >= 0.6 is 0 Å². The normalized spacial score (nSPS) is 17.7. The van der Waals surface area contributed by atoms with Crippen molar-refractivity contribution in [2.24, 2.45) is 0 Å². The van der Waals surface area contributed by atoms with Crippen LogP contribution in [0.2, 0.25) is 0 Å². The summed E-state index contributed by atoms with van der Waals surface area (Å²) in [7, 11) is 0. The van der Waals surface area contributed by atoms with E-state index >= 15 is 0 Å². The Kier molecular flexibility index (Phi) is 4.79. The summed E-state index contributed by atoms with van der Waals surface area (Å²) >= 11 is 0. The van der Waals surface area contributed by atoms with Gasteiger partial charge in [-0.1, -0.05) is 29.8 Å². The Morgan fingerprint density at radius 3 is 2.96 bits per heavy atom. The lowest BCUT2D eigenvalue weighted by molar-refractivity contribution is -0.130. The summed E-state index contributed by atoms with van der Waals surface area (Å²) in [5.41, 5.74) is 2.66. The lowest BCUT2D eigenvalue weighted by atomic mass is 9.97. The van der Waals surface area contributed by atoms with E-state index in [-0.39, 0.29) is 5.91 Å². The first-order chi connectivity index (χ1) is 11.1. The Hall–Kier alpha value is -2.10. The van der Waals surface area contributed by atoms with Gasteiger partial charge in [-0.3, -0.25) is 4.79 Å². The molecule has 0 aliphatic carbocycles. The molecule has 23 heavy (non-hydrogen) atoms. The van der Waals surface area contributed by atoms with Crippen LogP contribution in [0, 0.1) is 13.8 Å². The van der Waals surface area contributed by atoms with Crippen molar-refractivity contribution >= 4 is 5.91 Å². The average Bonchev–Trinajstić information content (AvgIpc) is 3.17. The molecule has 2 aromatic rings. The van der Waals surface area contributed by atoms with Crippen molar-refractivity contribution in [1.82, 2.24) is 14.5 Å². The van der Waals surface area contributed by atoms with Crippen LogP contribution in [-0.4, -0.2) is 33.4 Å². The molecule has 1 fully saturated rings. The highest BCUT2D eigenvalue weighted by Gasteiger charge is 2.26. The van der Waals surface area contributed by atoms with Crippen molar-refractivity contribution in [2.75, 3.05) is 13.1 Å². The van der Waals surface area contributed by atoms with E-state index in [4.69, 9.17) is 0 Å². The largest absolute Gasteiger partial charge is 0.342 e. The number of likely N-dealkylation sites (tertiary alicyclic amines) is 1. The molecule has 0 N–H and O–H groups in total. The van der Waals surface area contributed by atoms with Crippen molar-refractivity contribution in [2.45, 2.75) is 45.6 Å². The SMILES string of the molecule is Cc1cccc([C@H]2CCN(C(=O)CCCn3ccnc3C)C2)c1. The first kappa shape index (κ1) is 15.8. The minimum atomic E-state index is 0.290. The van der Waals surface area contributed by atoms with Crippen molar-refractivity contribution in [3.63, 3.8) is 0 Å². The van der Waals surface area contributed by atoms with Gasteiger partial charge >= 0.3 is 0 Å². The van der Waals surface area contributed by atoms with E-state index in [9.17, 15) is 4.79 Å². The topological polar surface area (TPSA) is 38.1 Å². The average molecular weight is 311 g/mol. The highest BCUT2D eigenvalue weighted by Crippen LogP contribution is 2.28. The van der Waals surface area contributed by atoms with Crippen LogP contribution in [0.4, 0.5) is 0 Å². The quantitative estimate of drug-likeness (QED) is 0.850. The minimum absolute atomic E-state index is 0.290. The molecule has 0 spiro atoms. The smallest absolute Gasteiger partial charge is 0.222 e. The van der Waals surface area contributed by atoms with Gasteiger partial charge in [-0.15, -0.1) is 0 Å². The standard InChI is InChI=1S/C19H25N3O/c1-15-5-3-6-17(13-15)18-8-11-22(14-18)19(23)7-4-10-21-12-9-20-16(21)2/h3,5-6,9,12-13,18H,4,7-8,10-11,14H2,1-2H3/t18-/m0/s1. The Labute approximate surface area is 138 Å². The van der Waals surface area contributed by atoms with Crippen molar-refractivity contribution < 1.29 is 4.79 Å². The van der Waals surface area contributed by atoms with Gasteiger partial charge in [-0.05, 0) is 32.3 Å². The summed E-state index contributed by atoms with van der Waals surface area (Å²) in [6, 6.07) is 8.68. The molecule has 122 valence electrons. The van der Waals surface area contributed by atoms with E-state index in [1.54, 1.807) is 0 Å². The third-order valence-electron chi connectivity index (χ3n) is 4.77. The van der Waals surface area contributed by atoms with Crippen molar-refractivity contribution in [3.8, 4) is 0 Å². The Morgan fingerprint density at radius 2 is 2.22 bits per heavy atom. The molecule has 4 nitrogen and oxygen atoms in total. The third kappa shape index (κ3) is 3.81. The van der Waals surface area contributed by atoms with Gasteiger partial charge < -0.3 is 9.47 Å². The monoisotopic (exact) mass is 311 g/mol. The summed E-state index contributed by atoms with van der Waals surface area (Å²) in [6.45, 7) is 6.74. The number of rotatable bonds is 5. The van der Waals surface area contributed by atoms with Gasteiger partial charge in [0.25, 0.3) is 0 Å². The molecule has 1 aromatic carbocycles. The van der Waals surface area contributed by atoms with Crippen LogP contribution < -0.4 is 0 Å². The maximum absolute atomic E-state index is 12.4. The maximum atomic E-state index is 12.4. The molecule has 0 bridgehead atoms. The fourth-order valence-electron chi connectivity index (χ4n) is 3.38. The number of benzene rings is 1. The van der Waals surface area contributed by atoms with Crippen LogP contribution in [0.15, 0.2) is 36.7 Å². The predicted octanol–water partition coefficient (Wildman–Crippen LogP) is 3.30. The number of hydrogen-bond acceptors (Lipinski definition) is 2. The van der Waals surface area contributed by atoms with E-state index in [0.29, 0.717) is 12.3 Å². The summed E-state index contributed by atoms with van der Waals surface area (Å²) in [6.07, 6.45) is 6.36. The van der Waals surface area contributed by atoms with Crippen molar-refractivity contribution in [1.29, 1.82) is 0 Å². The molecule has 0 unspecified atom stereocenters. The fraction of sp³-hybridized carbons (Fsp3) is 0.474. The number of carbonyl (C=O) groups excluding carboxylic acids is 1. The maximum Gasteiger partial charge on any atom is 0.222 e. The van der Waals surface area contributed by atoms with Crippen LogP contribution in [0.25, 0.3) is 0 Å². The van der Waals surface area contributed by atoms with Gasteiger partial charge in [0.15, 0.2) is 0 Å². The molecule has 3 rings (SSSR count). The van der Waals surface area contributed by atoms with E-state index < -0.39 is 0 Å². The summed E-state index contributed by atoms with van der Waals surface area (Å²) in [5.74, 6) is 1.80. The number of aryl methyl sites for hydroxylation is 3. The van der Waals surface area contributed by atoms with E-state index in [1.165, 1.54) is 11.1 Å². The molecular weight excluding hydrogens is 286 g/mol. The molecule has 0 saturated carbocycles. The van der Waals surface area contributed by atoms with Gasteiger partial charge in [0.2, 0.25) is 5.91 Å². The molecule has 0 radical (unpaired) electrons. The zero-order valence-electron chi connectivity index (χ0n) is 14.0. The number of carbonyl (C=O) groups is 1. The van der Waals surface area contributed by atoms with Crippen LogP contribution in [0.5, 0.6) is 0 Å². The number of amides is 1. The van der Waals surface area contributed by atoms with Crippen molar-refractivity contribution in [3.05, 3.63) is 53.6 Å². The molecule has 1 aliphatic heterocycles. The van der Waals surface area contributed by atoms with E-state index in [0.717, 1.165) is 38.3 Å². The lowest BCUT2D eigenvalue weighted by Crippen LogP contribution is -2.28. The summed E-state index contributed by atoms with van der Waals surface area (Å²) in [5, 5.41) is 0. The number of nitrogens with zero attached hydrogens (tertiary/aromatic N) is 3. The van der Waals surface area contributed by atoms with Crippen LogP contribution in [0.1, 0.15) is 42.1 Å². The van der Waals surface area contributed by atoms with Gasteiger partial charge in [0, 0.05) is 44.4 Å². The first-order valence-electron chi connectivity index (χ1n) is 8.45. The number of imidazole rings is 1. The second-order valence-electron chi connectivity index (χ2n) is 6.51. The predicted molar refractivity (Wildman–Crippen MR) is 91.3 cm³/mol. The lowest BCUT2D eigenvalue weighted by Gasteiger charge is -2.17. The third-order valence-corrected chi connectivity index (χ3v) is 4.77. The van der Waals surface area contributed by atoms with Gasteiger partial charge in [-0.25, -0.2) is 4.98 Å². The number of aromatic nitrogens is 2. The van der Waals surface area contributed by atoms with Gasteiger partial charge in [0.1, 0.15) is 5.82 Å². The van der Waals surface area contributed by atoms with E-state index in [1.807, 2.05) is 24.2 Å². The molecule has 2 heterocycles. The second kappa shape index (κ2) is 6.99. The Balaban J connectivity index is 1.48. The molecule has 1 saturated heterocycles. The van der Waals surface area contributed by atoms with Crippen LogP contribution in [-0.2, 0) is 11.3 Å². The second-order valence-corrected chi connectivity index (χ2v) is 6.51. The van der Waals surface area contributed by atoms with E-state index in [2.05, 4.69) is 40.7 Å². The highest BCUT2D eigenvalue weighted by molar-refractivity contribution is 5.76. The fourth-order valence-corrected chi connectivity index (χ4v) is 3.38. The number of hydrogen-bond donors (Lipinski definition) is 0. The zero-order valence-corrected chi connectivity index (χ0v) is 14.0. The first-order valence-corrected chi connectivity index (χ1v) is 8.45. The molecule has 1 amide bonds. The summed E-state index contributed by atoms with van der Waals surface area (Å²) in [4.78, 5) is 18.6. The molecule has 1 aliphatic rings. The highest BCUT2D eigenvalue weighted by atomic mass is 16.2. The molecule has 1 atom stereocenters.